The Morgan fingerprint density at radius 1 is 1.08 bits per heavy atom. The van der Waals surface area contributed by atoms with Crippen molar-refractivity contribution in [3.63, 3.8) is 0 Å². The number of benzene rings is 2. The number of halogens is 1. The summed E-state index contributed by atoms with van der Waals surface area (Å²) < 4.78 is 65.4. The van der Waals surface area contributed by atoms with E-state index < -0.39 is 25.7 Å². The highest BCUT2D eigenvalue weighted by Crippen LogP contribution is 2.36. The summed E-state index contributed by atoms with van der Waals surface area (Å²) in [7, 11) is -7.17. The number of aryl methyl sites for hydroxylation is 1. The van der Waals surface area contributed by atoms with Gasteiger partial charge < -0.3 is 0 Å². The molecule has 5 nitrogen and oxygen atoms in total. The molecule has 26 heavy (non-hydrogen) atoms. The molecule has 1 aliphatic carbocycles. The third-order valence-corrected chi connectivity index (χ3v) is 6.99. The van der Waals surface area contributed by atoms with E-state index in [1.807, 2.05) is 0 Å². The average molecular weight is 397 g/mol. The van der Waals surface area contributed by atoms with E-state index >= 15 is 0 Å². The maximum absolute atomic E-state index is 14.8. The maximum atomic E-state index is 14.8. The molecule has 0 spiro atoms. The maximum Gasteiger partial charge on any atom is 0.208 e. The van der Waals surface area contributed by atoms with Crippen molar-refractivity contribution in [3.8, 4) is 0 Å². The van der Waals surface area contributed by atoms with Crippen molar-refractivity contribution in [2.24, 2.45) is 0 Å². The third-order valence-electron chi connectivity index (χ3n) is 4.55. The number of sulfone groups is 1. The fourth-order valence-electron chi connectivity index (χ4n) is 3.34. The fraction of sp³-hybridized carbons (Fsp3) is 0.333. The van der Waals surface area contributed by atoms with Crippen LogP contribution in [-0.4, -0.2) is 29.6 Å². The Balaban J connectivity index is 2.00. The van der Waals surface area contributed by atoms with Gasteiger partial charge in [-0.2, -0.15) is 0 Å². The fourth-order valence-corrected chi connectivity index (χ4v) is 5.19. The van der Waals surface area contributed by atoms with Gasteiger partial charge in [-0.3, -0.25) is 0 Å². The van der Waals surface area contributed by atoms with E-state index in [2.05, 4.69) is 4.72 Å². The molecule has 8 heteroatoms. The molecule has 0 unspecified atom stereocenters. The van der Waals surface area contributed by atoms with Gasteiger partial charge in [0.1, 0.15) is 5.82 Å². The summed E-state index contributed by atoms with van der Waals surface area (Å²) in [6.45, 7) is 0.105. The van der Waals surface area contributed by atoms with Gasteiger partial charge in [-0.05, 0) is 54.7 Å². The van der Waals surface area contributed by atoms with Crippen LogP contribution in [0.25, 0.3) is 0 Å². The van der Waals surface area contributed by atoms with Crippen molar-refractivity contribution in [2.75, 3.05) is 12.8 Å². The molecule has 0 heterocycles. The third kappa shape index (κ3) is 3.97. The van der Waals surface area contributed by atoms with Gasteiger partial charge in [0.25, 0.3) is 0 Å². The van der Waals surface area contributed by atoms with E-state index in [-0.39, 0.29) is 22.3 Å². The molecule has 0 fully saturated rings. The Bertz CT molecular complexity index is 1020. The van der Waals surface area contributed by atoms with Gasteiger partial charge in [0.05, 0.1) is 16.0 Å². The van der Waals surface area contributed by atoms with Crippen molar-refractivity contribution in [3.05, 3.63) is 59.4 Å². The minimum Gasteiger partial charge on any atom is -0.219 e. The Kier molecular flexibility index (Phi) is 5.18. The van der Waals surface area contributed by atoms with E-state index in [4.69, 9.17) is 0 Å². The molecule has 1 atom stereocenters. The second-order valence-electron chi connectivity index (χ2n) is 6.50. The van der Waals surface area contributed by atoms with E-state index in [0.717, 1.165) is 18.7 Å². The van der Waals surface area contributed by atoms with Crippen LogP contribution in [0.5, 0.6) is 0 Å². The molecule has 2 aromatic rings. The molecule has 0 amide bonds. The molecular weight excluding hydrogens is 377 g/mol. The molecule has 0 radical (unpaired) electrons. The van der Waals surface area contributed by atoms with Crippen molar-refractivity contribution in [1.29, 1.82) is 0 Å². The van der Waals surface area contributed by atoms with Gasteiger partial charge in [-0.15, -0.1) is 0 Å². The zero-order valence-electron chi connectivity index (χ0n) is 14.3. The normalized spacial score (nSPS) is 17.7. The van der Waals surface area contributed by atoms with Crippen molar-refractivity contribution in [1.82, 2.24) is 4.72 Å². The summed E-state index contributed by atoms with van der Waals surface area (Å²) in [6, 6.07) is 10.5. The molecule has 1 N–H and O–H groups in total. The van der Waals surface area contributed by atoms with Crippen LogP contribution in [0, 0.1) is 5.82 Å². The van der Waals surface area contributed by atoms with E-state index in [9.17, 15) is 21.2 Å². The molecule has 2 aromatic carbocycles. The first-order chi connectivity index (χ1) is 12.2. The number of hydrogen-bond acceptors (Lipinski definition) is 4. The molecule has 0 saturated carbocycles. The van der Waals surface area contributed by atoms with Crippen LogP contribution in [0.4, 0.5) is 4.39 Å². The standard InChI is InChI=1S/C18H20FNO4S2/c1-25(21,22)20-12-14-7-5-6-13-10-16(11-17(19)18(13)14)26(23,24)15-8-3-2-4-9-15/h2-4,8-11,14,20H,5-7,12H2,1H3/t14-/m0/s1. The van der Waals surface area contributed by atoms with Crippen LogP contribution in [0.1, 0.15) is 29.9 Å². The predicted molar refractivity (Wildman–Crippen MR) is 96.8 cm³/mol. The van der Waals surface area contributed by atoms with Crippen LogP contribution < -0.4 is 4.72 Å². The lowest BCUT2D eigenvalue weighted by atomic mass is 9.82. The molecule has 0 aromatic heterocycles. The molecule has 0 bridgehead atoms. The predicted octanol–water partition coefficient (Wildman–Crippen LogP) is 2.63. The second-order valence-corrected chi connectivity index (χ2v) is 10.3. The number of rotatable bonds is 5. The van der Waals surface area contributed by atoms with Crippen LogP contribution in [0.3, 0.4) is 0 Å². The average Bonchev–Trinajstić information content (AvgIpc) is 2.59. The summed E-state index contributed by atoms with van der Waals surface area (Å²) in [5.74, 6) is -0.904. The lowest BCUT2D eigenvalue weighted by Crippen LogP contribution is -2.29. The summed E-state index contributed by atoms with van der Waals surface area (Å²) in [4.78, 5) is 0.0436. The highest BCUT2D eigenvalue weighted by Gasteiger charge is 2.28. The second kappa shape index (κ2) is 7.09. The first-order valence-electron chi connectivity index (χ1n) is 8.25. The lowest BCUT2D eigenvalue weighted by Gasteiger charge is -2.26. The SMILES string of the molecule is CS(=O)(=O)NC[C@@H]1CCCc2cc(S(=O)(=O)c3ccccc3)cc(F)c21. The summed E-state index contributed by atoms with van der Waals surface area (Å²) in [6.07, 6.45) is 3.02. The number of hydrogen-bond donors (Lipinski definition) is 1. The van der Waals surface area contributed by atoms with Crippen molar-refractivity contribution in [2.45, 2.75) is 35.0 Å². The van der Waals surface area contributed by atoms with Gasteiger partial charge >= 0.3 is 0 Å². The monoisotopic (exact) mass is 397 g/mol. The first-order valence-corrected chi connectivity index (χ1v) is 11.6. The van der Waals surface area contributed by atoms with Gasteiger partial charge in [0.2, 0.25) is 19.9 Å². The van der Waals surface area contributed by atoms with E-state index in [1.54, 1.807) is 18.2 Å². The Labute approximate surface area is 153 Å². The molecular formula is C18H20FNO4S2. The lowest BCUT2D eigenvalue weighted by molar-refractivity contribution is 0.495. The van der Waals surface area contributed by atoms with Crippen LogP contribution in [0.15, 0.2) is 52.3 Å². The Morgan fingerprint density at radius 2 is 1.77 bits per heavy atom. The zero-order valence-corrected chi connectivity index (χ0v) is 15.9. The zero-order chi connectivity index (χ0) is 18.9. The minimum absolute atomic E-state index is 0.0725. The van der Waals surface area contributed by atoms with Crippen molar-refractivity contribution >= 4 is 19.9 Å². The smallest absolute Gasteiger partial charge is 0.208 e. The number of nitrogens with one attached hydrogen (secondary N) is 1. The van der Waals surface area contributed by atoms with Gasteiger partial charge in [0, 0.05) is 12.5 Å². The molecule has 0 aliphatic heterocycles. The number of fused-ring (bicyclic) bond motifs is 1. The van der Waals surface area contributed by atoms with E-state index in [1.165, 1.54) is 18.2 Å². The van der Waals surface area contributed by atoms with Crippen LogP contribution >= 0.6 is 0 Å². The highest BCUT2D eigenvalue weighted by atomic mass is 32.2. The highest BCUT2D eigenvalue weighted by molar-refractivity contribution is 7.91. The van der Waals surface area contributed by atoms with Crippen LogP contribution in [0.2, 0.25) is 0 Å². The molecule has 140 valence electrons. The quantitative estimate of drug-likeness (QED) is 0.841. The summed E-state index contributed by atoms with van der Waals surface area (Å²) in [5.41, 5.74) is 1.05. The van der Waals surface area contributed by atoms with Gasteiger partial charge in [0.15, 0.2) is 0 Å². The molecule has 3 rings (SSSR count). The Hall–Kier alpha value is -1.77. The van der Waals surface area contributed by atoms with Crippen LogP contribution in [-0.2, 0) is 26.3 Å². The minimum atomic E-state index is -3.80. The van der Waals surface area contributed by atoms with E-state index in [0.29, 0.717) is 24.0 Å². The summed E-state index contributed by atoms with van der Waals surface area (Å²) in [5, 5.41) is 0. The largest absolute Gasteiger partial charge is 0.219 e. The van der Waals surface area contributed by atoms with Crippen molar-refractivity contribution < 1.29 is 21.2 Å². The number of sulfonamides is 1. The Morgan fingerprint density at radius 3 is 2.42 bits per heavy atom. The van der Waals surface area contributed by atoms with Gasteiger partial charge in [-0.1, -0.05) is 18.2 Å². The van der Waals surface area contributed by atoms with Gasteiger partial charge in [-0.25, -0.2) is 25.9 Å². The topological polar surface area (TPSA) is 80.3 Å². The summed E-state index contributed by atoms with van der Waals surface area (Å²) >= 11 is 0. The first kappa shape index (κ1) is 19.0. The molecule has 0 saturated heterocycles. The molecule has 1 aliphatic rings.